The smallest absolute Gasteiger partial charge is 0.335 e. The number of hydrogen-bond acceptors (Lipinski definition) is 8. The van der Waals surface area contributed by atoms with Gasteiger partial charge >= 0.3 is 5.97 Å². The number of anilines is 1. The molecule has 2 saturated heterocycles. The second kappa shape index (κ2) is 10.3. The SMILES string of the molecule is C[C@]1(c2ccc(Cl)cn2)Oc2cccc(N3CCN(Cc4nc5c(F)cc(C(=O)O)cc5n4C[C@@H]4CCO4)[C@H]4CC[C@H]43)c2O1. The van der Waals surface area contributed by atoms with Gasteiger partial charge in [0.25, 0.3) is 5.79 Å². The van der Waals surface area contributed by atoms with Crippen LogP contribution in [0.25, 0.3) is 11.0 Å². The fourth-order valence-corrected chi connectivity index (χ4v) is 7.01. The topological polar surface area (TPSA) is 102 Å². The van der Waals surface area contributed by atoms with Gasteiger partial charge in [-0.1, -0.05) is 17.7 Å². The number of aromatic carboxylic acids is 1. The number of pyridine rings is 1. The van der Waals surface area contributed by atoms with Crippen LogP contribution < -0.4 is 14.4 Å². The molecule has 1 saturated carbocycles. The van der Waals surface area contributed by atoms with E-state index in [4.69, 9.17) is 30.8 Å². The number of piperazine rings is 1. The predicted molar refractivity (Wildman–Crippen MR) is 160 cm³/mol. The molecule has 4 aromatic rings. The second-order valence-electron chi connectivity index (χ2n) is 12.0. The summed E-state index contributed by atoms with van der Waals surface area (Å²) in [5, 5.41) is 10.1. The molecule has 4 atom stereocenters. The minimum atomic E-state index is -1.17. The Kier molecular flexibility index (Phi) is 6.48. The average molecular weight is 620 g/mol. The van der Waals surface area contributed by atoms with Gasteiger partial charge in [-0.15, -0.1) is 0 Å². The Balaban J connectivity index is 1.06. The summed E-state index contributed by atoms with van der Waals surface area (Å²) in [6.07, 6.45) is 4.56. The molecular weight excluding hydrogens is 589 g/mol. The zero-order chi connectivity index (χ0) is 30.2. The molecule has 0 spiro atoms. The molecule has 4 aliphatic rings. The Bertz CT molecular complexity index is 1780. The lowest BCUT2D eigenvalue weighted by Crippen LogP contribution is -2.64. The summed E-state index contributed by atoms with van der Waals surface area (Å²) in [5.41, 5.74) is 2.23. The van der Waals surface area contributed by atoms with E-state index >= 15 is 4.39 Å². The normalized spacial score (nSPS) is 25.9. The van der Waals surface area contributed by atoms with Crippen LogP contribution >= 0.6 is 11.6 Å². The summed E-state index contributed by atoms with van der Waals surface area (Å²) in [6, 6.07) is 12.7. The van der Waals surface area contributed by atoms with Crippen LogP contribution in [0.3, 0.4) is 0 Å². The van der Waals surface area contributed by atoms with Crippen molar-refractivity contribution in [1.29, 1.82) is 0 Å². The van der Waals surface area contributed by atoms with Gasteiger partial charge in [-0.25, -0.2) is 14.2 Å². The lowest BCUT2D eigenvalue weighted by molar-refractivity contribution is -0.0717. The number of benzene rings is 2. The van der Waals surface area contributed by atoms with Crippen LogP contribution in [-0.2, 0) is 23.6 Å². The number of aromatic nitrogens is 3. The van der Waals surface area contributed by atoms with Gasteiger partial charge < -0.3 is 28.8 Å². The summed E-state index contributed by atoms with van der Waals surface area (Å²) in [6.45, 7) is 5.14. The van der Waals surface area contributed by atoms with Gasteiger partial charge in [0.15, 0.2) is 17.3 Å². The lowest BCUT2D eigenvalue weighted by atomic mass is 9.81. The Morgan fingerprint density at radius 3 is 2.68 bits per heavy atom. The van der Waals surface area contributed by atoms with E-state index in [0.717, 1.165) is 49.9 Å². The summed E-state index contributed by atoms with van der Waals surface area (Å²) in [4.78, 5) is 25.7. The third kappa shape index (κ3) is 4.48. The maximum Gasteiger partial charge on any atom is 0.335 e. The highest BCUT2D eigenvalue weighted by atomic mass is 35.5. The third-order valence-electron chi connectivity index (χ3n) is 9.42. The Labute approximate surface area is 257 Å². The monoisotopic (exact) mass is 619 g/mol. The predicted octanol–water partition coefficient (Wildman–Crippen LogP) is 5.21. The van der Waals surface area contributed by atoms with Crippen LogP contribution in [0.15, 0.2) is 48.7 Å². The Morgan fingerprint density at radius 2 is 1.98 bits per heavy atom. The average Bonchev–Trinajstić information content (AvgIpc) is 3.49. The molecule has 12 heteroatoms. The number of nitrogens with zero attached hydrogens (tertiary/aromatic N) is 5. The molecule has 2 aromatic heterocycles. The summed E-state index contributed by atoms with van der Waals surface area (Å²) in [5.74, 6) is -0.753. The van der Waals surface area contributed by atoms with E-state index in [2.05, 4.69) is 20.9 Å². The van der Waals surface area contributed by atoms with Gasteiger partial charge in [0.05, 0.1) is 41.0 Å². The minimum absolute atomic E-state index is 0.00662. The van der Waals surface area contributed by atoms with Crippen molar-refractivity contribution in [2.75, 3.05) is 24.6 Å². The molecule has 3 aliphatic heterocycles. The molecule has 5 heterocycles. The first-order valence-corrected chi connectivity index (χ1v) is 15.3. The first-order chi connectivity index (χ1) is 21.3. The largest absolute Gasteiger partial charge is 0.478 e. The fourth-order valence-electron chi connectivity index (χ4n) is 6.90. The van der Waals surface area contributed by atoms with E-state index in [1.807, 2.05) is 29.7 Å². The molecule has 2 aromatic carbocycles. The highest BCUT2D eigenvalue weighted by molar-refractivity contribution is 6.30. The van der Waals surface area contributed by atoms with Crippen molar-refractivity contribution in [2.24, 2.45) is 0 Å². The molecule has 10 nitrogen and oxygen atoms in total. The highest BCUT2D eigenvalue weighted by Crippen LogP contribution is 2.51. The number of fused-ring (bicyclic) bond motifs is 3. The lowest BCUT2D eigenvalue weighted by Gasteiger charge is -2.54. The quantitative estimate of drug-likeness (QED) is 0.299. The van der Waals surface area contributed by atoms with Gasteiger partial charge in [-0.3, -0.25) is 9.88 Å². The standard InChI is InChI=1S/C32H31ClFN5O5/c1-32(27-8-5-19(33)15-35-27)43-26-4-2-3-24(30(26)44-32)38-11-10-37(22-6-7-23(22)38)17-28-36-29-21(34)13-18(31(40)41)14-25(29)39(28)16-20-9-12-42-20/h2-5,8,13-15,20,22-23H,6-7,9-12,16-17H2,1H3,(H,40,41)/t20-,22-,23+,32-/m0/s1. The van der Waals surface area contributed by atoms with E-state index in [9.17, 15) is 9.90 Å². The van der Waals surface area contributed by atoms with E-state index in [1.54, 1.807) is 12.3 Å². The van der Waals surface area contributed by atoms with Gasteiger partial charge in [-0.05, 0) is 55.7 Å². The molecule has 1 aliphatic carbocycles. The fraction of sp³-hybridized carbons (Fsp3) is 0.406. The molecule has 8 rings (SSSR count). The van der Waals surface area contributed by atoms with Crippen molar-refractivity contribution in [3.8, 4) is 11.5 Å². The Hall–Kier alpha value is -3.93. The van der Waals surface area contributed by atoms with E-state index in [-0.39, 0.29) is 29.3 Å². The summed E-state index contributed by atoms with van der Waals surface area (Å²) in [7, 11) is 0. The van der Waals surface area contributed by atoms with E-state index in [0.29, 0.717) is 47.4 Å². The number of carbonyl (C=O) groups is 1. The van der Waals surface area contributed by atoms with Crippen molar-refractivity contribution in [2.45, 2.75) is 63.3 Å². The molecular formula is C32H31ClFN5O5. The highest BCUT2D eigenvalue weighted by Gasteiger charge is 2.47. The summed E-state index contributed by atoms with van der Waals surface area (Å²) < 4.78 is 35.5. The molecule has 0 unspecified atom stereocenters. The second-order valence-corrected chi connectivity index (χ2v) is 12.5. The maximum absolute atomic E-state index is 15.1. The molecule has 3 fully saturated rings. The van der Waals surface area contributed by atoms with Crippen LogP contribution in [0.4, 0.5) is 10.1 Å². The van der Waals surface area contributed by atoms with Crippen LogP contribution in [0.1, 0.15) is 48.1 Å². The van der Waals surface area contributed by atoms with Crippen molar-refractivity contribution in [3.05, 3.63) is 76.6 Å². The van der Waals surface area contributed by atoms with E-state index in [1.165, 1.54) is 6.07 Å². The number of imidazole rings is 1. The van der Waals surface area contributed by atoms with Gasteiger partial charge in [0.1, 0.15) is 17.0 Å². The summed E-state index contributed by atoms with van der Waals surface area (Å²) >= 11 is 6.06. The maximum atomic E-state index is 15.1. The first-order valence-electron chi connectivity index (χ1n) is 14.9. The molecule has 0 amide bonds. The van der Waals surface area contributed by atoms with Crippen molar-refractivity contribution < 1.29 is 28.5 Å². The number of halogens is 2. The van der Waals surface area contributed by atoms with Crippen LogP contribution in [0, 0.1) is 5.82 Å². The van der Waals surface area contributed by atoms with Crippen LogP contribution in [0.2, 0.25) is 5.02 Å². The first kappa shape index (κ1) is 27.6. The number of hydrogen-bond donors (Lipinski definition) is 1. The number of rotatable bonds is 7. The van der Waals surface area contributed by atoms with E-state index < -0.39 is 17.6 Å². The van der Waals surface area contributed by atoms with Crippen LogP contribution in [0.5, 0.6) is 11.5 Å². The van der Waals surface area contributed by atoms with Crippen LogP contribution in [-0.4, -0.2) is 68.4 Å². The van der Waals surface area contributed by atoms with Gasteiger partial charge in [0.2, 0.25) is 0 Å². The number of ether oxygens (including phenoxy) is 3. The zero-order valence-corrected chi connectivity index (χ0v) is 24.8. The molecule has 44 heavy (non-hydrogen) atoms. The van der Waals surface area contributed by atoms with Gasteiger partial charge in [-0.2, -0.15) is 0 Å². The van der Waals surface area contributed by atoms with Gasteiger partial charge in [0, 0.05) is 44.9 Å². The van der Waals surface area contributed by atoms with Crippen molar-refractivity contribution in [3.63, 3.8) is 0 Å². The molecule has 0 radical (unpaired) electrons. The van der Waals surface area contributed by atoms with Crippen molar-refractivity contribution in [1.82, 2.24) is 19.4 Å². The Morgan fingerprint density at radius 1 is 1.14 bits per heavy atom. The third-order valence-corrected chi connectivity index (χ3v) is 9.64. The molecule has 0 bridgehead atoms. The zero-order valence-electron chi connectivity index (χ0n) is 24.1. The number of carboxylic acid groups (broad SMARTS) is 1. The molecule has 1 N–H and O–H groups in total. The number of para-hydroxylation sites is 1. The molecule has 228 valence electrons. The minimum Gasteiger partial charge on any atom is -0.478 e. The number of carboxylic acids is 1. The van der Waals surface area contributed by atoms with Crippen molar-refractivity contribution >= 4 is 34.3 Å².